The first kappa shape index (κ1) is 29.7. The summed E-state index contributed by atoms with van der Waals surface area (Å²) in [6, 6.07) is 22.6. The number of likely N-dealkylation sites (tertiary alicyclic amines) is 1. The number of para-hydroxylation sites is 1. The van der Waals surface area contributed by atoms with Crippen LogP contribution in [0, 0.1) is 16.0 Å². The van der Waals surface area contributed by atoms with Crippen molar-refractivity contribution in [3.05, 3.63) is 99.6 Å². The zero-order valence-corrected chi connectivity index (χ0v) is 23.4. The van der Waals surface area contributed by atoms with Gasteiger partial charge in [-0.15, -0.1) is 10.1 Å². The number of hydrogen-bond acceptors (Lipinski definition) is 8. The van der Waals surface area contributed by atoms with Gasteiger partial charge in [-0.3, -0.25) is 0 Å². The summed E-state index contributed by atoms with van der Waals surface area (Å²) in [4.78, 5) is 29.3. The fourth-order valence-corrected chi connectivity index (χ4v) is 4.96. The molecule has 0 saturated carbocycles. The van der Waals surface area contributed by atoms with E-state index in [0.717, 1.165) is 29.9 Å². The van der Waals surface area contributed by atoms with Crippen LogP contribution in [0.3, 0.4) is 0 Å². The summed E-state index contributed by atoms with van der Waals surface area (Å²) in [5.41, 5.74) is 2.79. The van der Waals surface area contributed by atoms with E-state index >= 15 is 0 Å². The molecule has 0 bridgehead atoms. The van der Waals surface area contributed by atoms with E-state index < -0.39 is 11.2 Å². The van der Waals surface area contributed by atoms with Crippen molar-refractivity contribution in [1.29, 1.82) is 0 Å². The summed E-state index contributed by atoms with van der Waals surface area (Å²) in [5.74, 6) is 2.53. The van der Waals surface area contributed by atoms with Crippen molar-refractivity contribution >= 4 is 6.09 Å². The Bertz CT molecular complexity index is 1280. The van der Waals surface area contributed by atoms with Gasteiger partial charge < -0.3 is 28.7 Å². The molecule has 1 saturated heterocycles. The number of hydrogen-bond donors (Lipinski definition) is 0. The van der Waals surface area contributed by atoms with Gasteiger partial charge in [0.2, 0.25) is 0 Å². The summed E-state index contributed by atoms with van der Waals surface area (Å²) in [6.07, 6.45) is 1.16. The van der Waals surface area contributed by atoms with E-state index in [1.54, 1.807) is 36.3 Å². The highest BCUT2D eigenvalue weighted by atomic mass is 16.9. The zero-order chi connectivity index (χ0) is 29.0. The molecule has 1 fully saturated rings. The third-order valence-corrected chi connectivity index (χ3v) is 7.06. The predicted molar refractivity (Wildman–Crippen MR) is 152 cm³/mol. The van der Waals surface area contributed by atoms with Crippen LogP contribution in [0.25, 0.3) is 0 Å². The average Bonchev–Trinajstić information content (AvgIpc) is 2.98. The number of methoxy groups -OCH3 is 1. The minimum absolute atomic E-state index is 0.205. The lowest BCUT2D eigenvalue weighted by Gasteiger charge is -2.36. The van der Waals surface area contributed by atoms with Crippen LogP contribution < -0.4 is 14.2 Å². The van der Waals surface area contributed by atoms with Crippen LogP contribution in [0.4, 0.5) is 4.79 Å². The monoisotopic (exact) mass is 564 g/mol. The number of benzene rings is 3. The molecular weight excluding hydrogens is 528 g/mol. The van der Waals surface area contributed by atoms with Crippen molar-refractivity contribution in [2.45, 2.75) is 38.9 Å². The minimum Gasteiger partial charge on any atom is -0.496 e. The summed E-state index contributed by atoms with van der Waals surface area (Å²) in [5, 5.41) is 9.57. The van der Waals surface area contributed by atoms with Gasteiger partial charge in [0.05, 0.1) is 26.9 Å². The van der Waals surface area contributed by atoms with Gasteiger partial charge in [-0.2, -0.15) is 0 Å². The number of piperidine rings is 1. The summed E-state index contributed by atoms with van der Waals surface area (Å²) >= 11 is 0. The Kier molecular flexibility index (Phi) is 10.8. The average molecular weight is 565 g/mol. The van der Waals surface area contributed by atoms with Crippen LogP contribution in [0.2, 0.25) is 0 Å². The third kappa shape index (κ3) is 8.84. The lowest BCUT2D eigenvalue weighted by atomic mass is 9.82. The van der Waals surface area contributed by atoms with Gasteiger partial charge in [0.25, 0.3) is 5.09 Å². The topological polar surface area (TPSA) is 110 Å². The molecule has 10 heteroatoms. The van der Waals surface area contributed by atoms with Crippen LogP contribution >= 0.6 is 0 Å². The standard InChI is InChI=1S/C31H36N2O8/c1-23-20-32(31(34)41-28-9-5-7-24(19-28)21-40-33(35)36)16-15-29(23)25-11-13-27(14-12-25)39-18-6-17-38-22-26-8-3-4-10-30(26)37-2/h3-5,7-14,19,23,29H,6,15-18,20-22H2,1-2H3. The van der Waals surface area contributed by atoms with Crippen molar-refractivity contribution in [3.63, 3.8) is 0 Å². The summed E-state index contributed by atoms with van der Waals surface area (Å²) in [6.45, 7) is 4.73. The zero-order valence-electron chi connectivity index (χ0n) is 23.4. The van der Waals surface area contributed by atoms with Gasteiger partial charge in [-0.1, -0.05) is 49.4 Å². The molecule has 0 aliphatic carbocycles. The van der Waals surface area contributed by atoms with Gasteiger partial charge in [-0.05, 0) is 59.7 Å². The largest absolute Gasteiger partial charge is 0.496 e. The van der Waals surface area contributed by atoms with E-state index in [-0.39, 0.29) is 12.5 Å². The first-order valence-electron chi connectivity index (χ1n) is 13.7. The quantitative estimate of drug-likeness (QED) is 0.141. The Morgan fingerprint density at radius 2 is 1.80 bits per heavy atom. The van der Waals surface area contributed by atoms with Crippen LogP contribution in [0.15, 0.2) is 72.8 Å². The second kappa shape index (κ2) is 14.9. The fourth-order valence-electron chi connectivity index (χ4n) is 4.96. The number of carbonyl (C=O) groups excluding carboxylic acids is 1. The van der Waals surface area contributed by atoms with Crippen molar-refractivity contribution in [1.82, 2.24) is 4.90 Å². The number of nitrogens with zero attached hydrogens (tertiary/aromatic N) is 2. The molecule has 10 nitrogen and oxygen atoms in total. The number of carbonyl (C=O) groups is 1. The Morgan fingerprint density at radius 3 is 2.56 bits per heavy atom. The van der Waals surface area contributed by atoms with E-state index in [2.05, 4.69) is 23.9 Å². The molecule has 0 spiro atoms. The van der Waals surface area contributed by atoms with Crippen molar-refractivity contribution in [2.75, 3.05) is 33.4 Å². The van der Waals surface area contributed by atoms with E-state index in [1.807, 2.05) is 36.4 Å². The first-order valence-corrected chi connectivity index (χ1v) is 13.7. The van der Waals surface area contributed by atoms with Gasteiger partial charge in [0.1, 0.15) is 23.9 Å². The van der Waals surface area contributed by atoms with Crippen LogP contribution in [0.1, 0.15) is 42.4 Å². The summed E-state index contributed by atoms with van der Waals surface area (Å²) < 4.78 is 22.5. The molecule has 1 aliphatic rings. The molecule has 0 N–H and O–H groups in total. The van der Waals surface area contributed by atoms with Crippen molar-refractivity contribution in [2.24, 2.45) is 5.92 Å². The van der Waals surface area contributed by atoms with E-state index in [0.29, 0.717) is 50.1 Å². The molecule has 1 amide bonds. The third-order valence-electron chi connectivity index (χ3n) is 7.06. The molecule has 218 valence electrons. The molecule has 2 atom stereocenters. The van der Waals surface area contributed by atoms with E-state index in [9.17, 15) is 14.9 Å². The minimum atomic E-state index is -0.854. The maximum absolute atomic E-state index is 12.8. The second-order valence-electron chi connectivity index (χ2n) is 9.97. The normalized spacial score (nSPS) is 16.6. The van der Waals surface area contributed by atoms with E-state index in [4.69, 9.17) is 18.9 Å². The highest BCUT2D eigenvalue weighted by molar-refractivity contribution is 5.71. The summed E-state index contributed by atoms with van der Waals surface area (Å²) in [7, 11) is 1.66. The fraction of sp³-hybridized carbons (Fsp3) is 0.387. The molecule has 0 radical (unpaired) electrons. The number of ether oxygens (including phenoxy) is 4. The van der Waals surface area contributed by atoms with Crippen LogP contribution in [0.5, 0.6) is 17.2 Å². The Hall–Kier alpha value is -4.31. The molecule has 4 rings (SSSR count). The highest BCUT2D eigenvalue weighted by Crippen LogP contribution is 2.34. The van der Waals surface area contributed by atoms with Crippen molar-refractivity contribution < 1.29 is 33.7 Å². The molecule has 41 heavy (non-hydrogen) atoms. The molecule has 1 aliphatic heterocycles. The van der Waals surface area contributed by atoms with Crippen LogP contribution in [-0.2, 0) is 22.8 Å². The Labute approximate surface area is 239 Å². The van der Waals surface area contributed by atoms with E-state index in [1.165, 1.54) is 5.56 Å². The van der Waals surface area contributed by atoms with Gasteiger partial charge in [-0.25, -0.2) is 4.79 Å². The number of rotatable bonds is 13. The van der Waals surface area contributed by atoms with Gasteiger partial charge >= 0.3 is 6.09 Å². The smallest absolute Gasteiger partial charge is 0.415 e. The molecule has 3 aromatic rings. The Balaban J connectivity index is 1.18. The lowest BCUT2D eigenvalue weighted by molar-refractivity contribution is -0.763. The molecule has 3 aromatic carbocycles. The Morgan fingerprint density at radius 1 is 1.00 bits per heavy atom. The van der Waals surface area contributed by atoms with Crippen LogP contribution in [-0.4, -0.2) is 49.5 Å². The molecule has 0 aromatic heterocycles. The maximum atomic E-state index is 12.8. The lowest BCUT2D eigenvalue weighted by Crippen LogP contribution is -2.43. The second-order valence-corrected chi connectivity index (χ2v) is 9.97. The van der Waals surface area contributed by atoms with Crippen molar-refractivity contribution in [3.8, 4) is 17.2 Å². The SMILES string of the molecule is COc1ccccc1COCCCOc1ccc(C2CCN(C(=O)Oc3cccc(CO[N+](=O)[O-])c3)CC2C)cc1. The predicted octanol–water partition coefficient (Wildman–Crippen LogP) is 6.01. The first-order chi connectivity index (χ1) is 19.9. The van der Waals surface area contributed by atoms with Gasteiger partial charge in [0.15, 0.2) is 0 Å². The highest BCUT2D eigenvalue weighted by Gasteiger charge is 2.30. The van der Waals surface area contributed by atoms with Gasteiger partial charge in [0, 0.05) is 25.1 Å². The maximum Gasteiger partial charge on any atom is 0.415 e. The number of amides is 1. The molecule has 2 unspecified atom stereocenters. The molecule has 1 heterocycles. The molecular formula is C31H36N2O8.